The standard InChI is InChI=1S/C29H33ClF3NO4S/c1-26-10-8-19(35)14-22(26)23(32)15-21-20-9-11-28(25(37)39-13-12-31,27(20,2)16-24(36)29(21,26)33)38-34(3)18-6-4-17(30)5-7-18/h4-8,10,14,20-21,23-24,36H,9,11-13,15-16H2,1-3H3/t20?,21-,23-,24-,26-,27-,28-,29-/m0/s1. The number of carbonyl (C=O) groups excluding carboxylic acids is 2. The van der Waals surface area contributed by atoms with Gasteiger partial charge in [0.25, 0.3) is 0 Å². The van der Waals surface area contributed by atoms with Crippen LogP contribution in [0.3, 0.4) is 0 Å². The van der Waals surface area contributed by atoms with E-state index in [4.69, 9.17) is 16.4 Å². The first-order valence-corrected chi connectivity index (χ1v) is 14.6. The Kier molecular flexibility index (Phi) is 7.31. The number of thioether (sulfide) groups is 1. The molecule has 0 heterocycles. The molecular formula is C29H33ClF3NO4S. The van der Waals surface area contributed by atoms with Gasteiger partial charge < -0.3 is 5.11 Å². The largest absolute Gasteiger partial charge is 0.390 e. The Hall–Kier alpha value is -1.81. The molecule has 10 heteroatoms. The van der Waals surface area contributed by atoms with Crippen molar-refractivity contribution in [2.45, 2.75) is 63.1 Å². The number of alkyl halides is 3. The SMILES string of the molecule is CN(O[C@]1(C(=O)SCCF)CCC2[C@@H]3C[C@H](F)C4=CC(=O)C=C[C@]4(C)[C@@]3(F)[C@@H](O)C[C@@]21C)c1ccc(Cl)cc1. The maximum absolute atomic E-state index is 17.4. The van der Waals surface area contributed by atoms with E-state index in [0.29, 0.717) is 17.1 Å². The predicted octanol–water partition coefficient (Wildman–Crippen LogP) is 5.99. The number of aliphatic hydroxyl groups excluding tert-OH is 1. The second kappa shape index (κ2) is 9.93. The zero-order valence-corrected chi connectivity index (χ0v) is 23.7. The molecule has 3 fully saturated rings. The van der Waals surface area contributed by atoms with Crippen molar-refractivity contribution in [1.29, 1.82) is 0 Å². The van der Waals surface area contributed by atoms with Crippen LogP contribution in [0.5, 0.6) is 0 Å². The number of aliphatic hydroxyl groups is 1. The fourth-order valence-electron chi connectivity index (χ4n) is 7.90. The highest BCUT2D eigenvalue weighted by molar-refractivity contribution is 8.13. The second-order valence-electron chi connectivity index (χ2n) is 11.6. The van der Waals surface area contributed by atoms with Crippen molar-refractivity contribution in [1.82, 2.24) is 0 Å². The summed E-state index contributed by atoms with van der Waals surface area (Å²) in [6, 6.07) is 6.82. The summed E-state index contributed by atoms with van der Waals surface area (Å²) >= 11 is 6.86. The minimum Gasteiger partial charge on any atom is -0.390 e. The third-order valence-corrected chi connectivity index (χ3v) is 11.1. The first-order chi connectivity index (χ1) is 18.3. The topological polar surface area (TPSA) is 66.8 Å². The number of rotatable bonds is 6. The van der Waals surface area contributed by atoms with Gasteiger partial charge in [-0.05, 0) is 80.5 Å². The van der Waals surface area contributed by atoms with Gasteiger partial charge in [-0.2, -0.15) is 0 Å². The molecule has 0 amide bonds. The zero-order chi connectivity index (χ0) is 28.4. The van der Waals surface area contributed by atoms with Crippen LogP contribution in [0.4, 0.5) is 18.9 Å². The second-order valence-corrected chi connectivity index (χ2v) is 13.1. The molecule has 5 rings (SSSR count). The van der Waals surface area contributed by atoms with Crippen molar-refractivity contribution >= 4 is 39.9 Å². The number of carbonyl (C=O) groups is 2. The van der Waals surface area contributed by atoms with E-state index in [9.17, 15) is 19.1 Å². The van der Waals surface area contributed by atoms with Gasteiger partial charge in [0.2, 0.25) is 5.12 Å². The number of hydrogen-bond acceptors (Lipinski definition) is 6. The lowest BCUT2D eigenvalue weighted by Crippen LogP contribution is -2.70. The number of halogens is 4. The molecule has 39 heavy (non-hydrogen) atoms. The van der Waals surface area contributed by atoms with Crippen molar-refractivity contribution in [3.05, 3.63) is 53.1 Å². The number of hydrogen-bond donors (Lipinski definition) is 1. The average molecular weight is 584 g/mol. The molecule has 1 aromatic rings. The smallest absolute Gasteiger partial charge is 0.224 e. The van der Waals surface area contributed by atoms with Crippen molar-refractivity contribution in [2.24, 2.45) is 22.7 Å². The van der Waals surface area contributed by atoms with Gasteiger partial charge in [-0.25, -0.2) is 8.78 Å². The third-order valence-electron chi connectivity index (χ3n) is 9.87. The Labute approximate surface area is 235 Å². The van der Waals surface area contributed by atoms with E-state index in [1.165, 1.54) is 17.2 Å². The van der Waals surface area contributed by atoms with Crippen molar-refractivity contribution < 1.29 is 32.7 Å². The third kappa shape index (κ3) is 4.05. The normalized spacial score (nSPS) is 40.9. The quantitative estimate of drug-likeness (QED) is 0.415. The van der Waals surface area contributed by atoms with Crippen LogP contribution in [0, 0.1) is 22.7 Å². The van der Waals surface area contributed by atoms with Gasteiger partial charge in [-0.3, -0.25) is 23.9 Å². The Morgan fingerprint density at radius 3 is 2.62 bits per heavy atom. The monoisotopic (exact) mass is 583 g/mol. The highest BCUT2D eigenvalue weighted by Crippen LogP contribution is 2.71. The molecular weight excluding hydrogens is 551 g/mol. The molecule has 3 saturated carbocycles. The van der Waals surface area contributed by atoms with Gasteiger partial charge >= 0.3 is 0 Å². The summed E-state index contributed by atoms with van der Waals surface area (Å²) in [5.74, 6) is -1.92. The molecule has 0 bridgehead atoms. The van der Waals surface area contributed by atoms with E-state index in [1.54, 1.807) is 45.2 Å². The summed E-state index contributed by atoms with van der Waals surface area (Å²) < 4.78 is 46.3. The number of allylic oxidation sites excluding steroid dienone is 4. The van der Waals surface area contributed by atoms with Crippen LogP contribution < -0.4 is 5.06 Å². The first-order valence-electron chi connectivity index (χ1n) is 13.2. The molecule has 1 N–H and O–H groups in total. The van der Waals surface area contributed by atoms with Crippen molar-refractivity contribution in [3.8, 4) is 0 Å². The summed E-state index contributed by atoms with van der Waals surface area (Å²) in [6.07, 6.45) is 0.872. The fourth-order valence-corrected chi connectivity index (χ4v) is 8.89. The molecule has 4 aliphatic carbocycles. The highest BCUT2D eigenvalue weighted by atomic mass is 35.5. The van der Waals surface area contributed by atoms with Crippen LogP contribution in [0.1, 0.15) is 39.5 Å². The molecule has 0 aliphatic heterocycles. The molecule has 0 spiro atoms. The zero-order valence-electron chi connectivity index (χ0n) is 22.1. The van der Waals surface area contributed by atoms with Gasteiger partial charge in [0.1, 0.15) is 6.17 Å². The average Bonchev–Trinajstić information content (AvgIpc) is 3.18. The minimum absolute atomic E-state index is 0.0500. The van der Waals surface area contributed by atoms with Crippen LogP contribution in [-0.4, -0.2) is 59.0 Å². The van der Waals surface area contributed by atoms with E-state index in [0.717, 1.165) is 17.8 Å². The summed E-state index contributed by atoms with van der Waals surface area (Å²) in [5.41, 5.74) is -5.70. The summed E-state index contributed by atoms with van der Waals surface area (Å²) in [7, 11) is 1.65. The predicted molar refractivity (Wildman–Crippen MR) is 146 cm³/mol. The molecule has 0 aromatic heterocycles. The van der Waals surface area contributed by atoms with Gasteiger partial charge in [-0.15, -0.1) is 0 Å². The Balaban J connectivity index is 1.57. The number of ketones is 1. The number of hydroxylamine groups is 1. The van der Waals surface area contributed by atoms with Crippen LogP contribution in [-0.2, 0) is 14.4 Å². The van der Waals surface area contributed by atoms with Crippen molar-refractivity contribution in [2.75, 3.05) is 24.5 Å². The van der Waals surface area contributed by atoms with Crippen LogP contribution in [0.15, 0.2) is 48.1 Å². The number of benzene rings is 1. The molecule has 0 saturated heterocycles. The van der Waals surface area contributed by atoms with E-state index >= 15 is 8.78 Å². The highest BCUT2D eigenvalue weighted by Gasteiger charge is 2.76. The molecule has 1 unspecified atom stereocenters. The summed E-state index contributed by atoms with van der Waals surface area (Å²) in [5, 5.41) is 13.2. The molecule has 212 valence electrons. The molecule has 1 aromatic carbocycles. The summed E-state index contributed by atoms with van der Waals surface area (Å²) in [4.78, 5) is 32.4. The van der Waals surface area contributed by atoms with Gasteiger partial charge in [0.05, 0.1) is 18.5 Å². The minimum atomic E-state index is -2.25. The lowest BCUT2D eigenvalue weighted by molar-refractivity contribution is -0.227. The first kappa shape index (κ1) is 28.7. The van der Waals surface area contributed by atoms with Gasteiger partial charge in [-0.1, -0.05) is 36.4 Å². The fraction of sp³-hybridized carbons (Fsp3) is 0.586. The summed E-state index contributed by atoms with van der Waals surface area (Å²) in [6.45, 7) is 2.64. The van der Waals surface area contributed by atoms with Crippen LogP contribution >= 0.6 is 23.4 Å². The van der Waals surface area contributed by atoms with E-state index in [1.807, 2.05) is 0 Å². The number of anilines is 1. The van der Waals surface area contributed by atoms with Crippen LogP contribution in [0.2, 0.25) is 5.02 Å². The maximum atomic E-state index is 17.4. The number of nitrogens with zero attached hydrogens (tertiary/aromatic N) is 1. The van der Waals surface area contributed by atoms with Gasteiger partial charge in [0, 0.05) is 34.6 Å². The molecule has 0 radical (unpaired) electrons. The maximum Gasteiger partial charge on any atom is 0.224 e. The Morgan fingerprint density at radius 2 is 1.95 bits per heavy atom. The Bertz CT molecular complexity index is 1230. The van der Waals surface area contributed by atoms with E-state index in [2.05, 4.69) is 0 Å². The molecule has 4 aliphatic rings. The van der Waals surface area contributed by atoms with E-state index < -0.39 is 63.8 Å². The van der Waals surface area contributed by atoms with Crippen molar-refractivity contribution in [3.63, 3.8) is 0 Å². The number of fused-ring (bicyclic) bond motifs is 5. The van der Waals surface area contributed by atoms with E-state index in [-0.39, 0.29) is 30.6 Å². The Morgan fingerprint density at radius 1 is 1.26 bits per heavy atom. The molecule has 8 atom stereocenters. The lowest BCUT2D eigenvalue weighted by Gasteiger charge is -2.63. The lowest BCUT2D eigenvalue weighted by atomic mass is 9.44. The molecule has 5 nitrogen and oxygen atoms in total. The van der Waals surface area contributed by atoms with Gasteiger partial charge in [0.15, 0.2) is 17.1 Å². The van der Waals surface area contributed by atoms with Crippen LogP contribution in [0.25, 0.3) is 0 Å².